The Morgan fingerprint density at radius 2 is 1.88 bits per heavy atom. The van der Waals surface area contributed by atoms with Gasteiger partial charge in [-0.15, -0.1) is 5.10 Å². The van der Waals surface area contributed by atoms with Gasteiger partial charge in [-0.1, -0.05) is 23.4 Å². The Labute approximate surface area is 143 Å². The van der Waals surface area contributed by atoms with Crippen molar-refractivity contribution >= 4 is 5.91 Å². The van der Waals surface area contributed by atoms with Gasteiger partial charge in [0.05, 0.1) is 12.2 Å². The van der Waals surface area contributed by atoms with Crippen LogP contribution in [-0.2, 0) is 6.54 Å². The maximum absolute atomic E-state index is 12.3. The Morgan fingerprint density at radius 3 is 2.60 bits per heavy atom. The van der Waals surface area contributed by atoms with Gasteiger partial charge in [0, 0.05) is 32.2 Å². The molecule has 1 fully saturated rings. The molecule has 128 valence electrons. The summed E-state index contributed by atoms with van der Waals surface area (Å²) in [5.41, 5.74) is 1.28. The fourth-order valence-corrected chi connectivity index (χ4v) is 2.87. The number of piperazine rings is 1. The van der Waals surface area contributed by atoms with Crippen LogP contribution in [0.4, 0.5) is 0 Å². The summed E-state index contributed by atoms with van der Waals surface area (Å²) in [5, 5.41) is 15.7. The summed E-state index contributed by atoms with van der Waals surface area (Å²) >= 11 is 0. The van der Waals surface area contributed by atoms with Gasteiger partial charge in [0.2, 0.25) is 0 Å². The Kier molecular flexibility index (Phi) is 4.21. The Morgan fingerprint density at radius 1 is 1.08 bits per heavy atom. The molecule has 0 unspecified atom stereocenters. The smallest absolute Gasteiger partial charge is 0.276 e. The first-order valence-corrected chi connectivity index (χ1v) is 8.06. The van der Waals surface area contributed by atoms with Crippen LogP contribution in [0.25, 0.3) is 5.69 Å². The Balaban J connectivity index is 1.38. The van der Waals surface area contributed by atoms with Crippen LogP contribution in [0.3, 0.4) is 0 Å². The number of hydrogen-bond donors (Lipinski definition) is 0. The maximum Gasteiger partial charge on any atom is 0.276 e. The minimum absolute atomic E-state index is 0.0949. The second kappa shape index (κ2) is 6.81. The molecule has 9 heteroatoms. The van der Waals surface area contributed by atoms with E-state index in [-0.39, 0.29) is 5.91 Å². The lowest BCUT2D eigenvalue weighted by Crippen LogP contribution is -2.48. The van der Waals surface area contributed by atoms with Gasteiger partial charge in [-0.3, -0.25) is 9.69 Å². The van der Waals surface area contributed by atoms with E-state index in [0.29, 0.717) is 25.3 Å². The highest BCUT2D eigenvalue weighted by Gasteiger charge is 2.24. The maximum atomic E-state index is 12.3. The first-order chi connectivity index (χ1) is 12.3. The predicted molar refractivity (Wildman–Crippen MR) is 86.8 cm³/mol. The van der Waals surface area contributed by atoms with E-state index in [0.717, 1.165) is 24.6 Å². The molecule has 1 aliphatic heterocycles. The minimum Gasteiger partial charge on any atom is -0.364 e. The second-order valence-corrected chi connectivity index (χ2v) is 5.80. The van der Waals surface area contributed by atoms with Gasteiger partial charge in [-0.2, -0.15) is 4.68 Å². The van der Waals surface area contributed by atoms with E-state index in [1.54, 1.807) is 15.6 Å². The molecular formula is C16H17N7O2. The van der Waals surface area contributed by atoms with Crippen LogP contribution in [0.15, 0.2) is 47.2 Å². The van der Waals surface area contributed by atoms with Gasteiger partial charge in [0.25, 0.3) is 5.91 Å². The van der Waals surface area contributed by atoms with Crippen LogP contribution in [0.5, 0.6) is 0 Å². The summed E-state index contributed by atoms with van der Waals surface area (Å²) < 4.78 is 6.48. The monoisotopic (exact) mass is 339 g/mol. The van der Waals surface area contributed by atoms with Crippen LogP contribution in [0.2, 0.25) is 0 Å². The summed E-state index contributed by atoms with van der Waals surface area (Å²) in [6.45, 7) is 3.42. The molecule has 1 aromatic carbocycles. The average molecular weight is 339 g/mol. The third-order valence-corrected chi connectivity index (χ3v) is 4.22. The largest absolute Gasteiger partial charge is 0.364 e. The average Bonchev–Trinajstić information content (AvgIpc) is 3.35. The second-order valence-electron chi connectivity index (χ2n) is 5.80. The fraction of sp³-hybridized carbons (Fsp3) is 0.312. The van der Waals surface area contributed by atoms with Crippen molar-refractivity contribution in [3.8, 4) is 5.69 Å². The zero-order valence-electron chi connectivity index (χ0n) is 13.5. The van der Waals surface area contributed by atoms with Gasteiger partial charge in [-0.05, 0) is 22.6 Å². The number of nitrogens with zero attached hydrogens (tertiary/aromatic N) is 7. The van der Waals surface area contributed by atoms with Gasteiger partial charge in [-0.25, -0.2) is 0 Å². The van der Waals surface area contributed by atoms with Crippen molar-refractivity contribution in [2.24, 2.45) is 0 Å². The summed E-state index contributed by atoms with van der Waals surface area (Å²) in [4.78, 5) is 16.3. The third kappa shape index (κ3) is 3.26. The number of carbonyl (C=O) groups excluding carboxylic acids is 1. The molecule has 1 saturated heterocycles. The van der Waals surface area contributed by atoms with Gasteiger partial charge in [0.15, 0.2) is 11.5 Å². The van der Waals surface area contributed by atoms with Crippen LogP contribution in [-0.4, -0.2) is 67.2 Å². The fourth-order valence-electron chi connectivity index (χ4n) is 2.87. The van der Waals surface area contributed by atoms with Crippen molar-refractivity contribution in [3.05, 3.63) is 54.2 Å². The number of para-hydroxylation sites is 1. The van der Waals surface area contributed by atoms with Gasteiger partial charge in [0.1, 0.15) is 6.26 Å². The molecule has 1 amide bonds. The van der Waals surface area contributed by atoms with Gasteiger partial charge < -0.3 is 9.42 Å². The number of benzene rings is 1. The molecule has 25 heavy (non-hydrogen) atoms. The molecular weight excluding hydrogens is 322 g/mol. The topological polar surface area (TPSA) is 93.2 Å². The molecule has 3 aromatic rings. The normalized spacial score (nSPS) is 15.4. The van der Waals surface area contributed by atoms with E-state index in [1.807, 2.05) is 30.3 Å². The zero-order chi connectivity index (χ0) is 17.1. The first kappa shape index (κ1) is 15.5. The number of tetrazole rings is 1. The molecule has 0 spiro atoms. The molecule has 4 rings (SSSR count). The van der Waals surface area contributed by atoms with Gasteiger partial charge >= 0.3 is 0 Å². The minimum atomic E-state index is -0.0949. The number of rotatable bonds is 4. The third-order valence-electron chi connectivity index (χ3n) is 4.22. The van der Waals surface area contributed by atoms with E-state index in [1.165, 1.54) is 6.26 Å². The van der Waals surface area contributed by atoms with Crippen LogP contribution < -0.4 is 0 Å². The van der Waals surface area contributed by atoms with Crippen molar-refractivity contribution < 1.29 is 9.32 Å². The SMILES string of the molecule is O=C(c1ccon1)N1CCN(Cc2nnnn2-c2ccccc2)CC1. The number of aromatic nitrogens is 5. The zero-order valence-corrected chi connectivity index (χ0v) is 13.5. The van der Waals surface area contributed by atoms with Crippen molar-refractivity contribution in [1.82, 2.24) is 35.2 Å². The van der Waals surface area contributed by atoms with Crippen LogP contribution >= 0.6 is 0 Å². The Bertz CT molecular complexity index is 823. The number of carbonyl (C=O) groups is 1. The van der Waals surface area contributed by atoms with Crippen LogP contribution in [0.1, 0.15) is 16.3 Å². The molecule has 2 aromatic heterocycles. The van der Waals surface area contributed by atoms with Crippen LogP contribution in [0, 0.1) is 0 Å². The highest BCUT2D eigenvalue weighted by molar-refractivity contribution is 5.92. The van der Waals surface area contributed by atoms with Crippen molar-refractivity contribution in [2.45, 2.75) is 6.54 Å². The quantitative estimate of drug-likeness (QED) is 0.687. The predicted octanol–water partition coefficient (Wildman–Crippen LogP) is 0.608. The number of hydrogen-bond acceptors (Lipinski definition) is 7. The van der Waals surface area contributed by atoms with Crippen molar-refractivity contribution in [1.29, 1.82) is 0 Å². The van der Waals surface area contributed by atoms with E-state index < -0.39 is 0 Å². The van der Waals surface area contributed by atoms with E-state index in [9.17, 15) is 4.79 Å². The van der Waals surface area contributed by atoms with E-state index >= 15 is 0 Å². The number of amides is 1. The van der Waals surface area contributed by atoms with E-state index in [4.69, 9.17) is 4.52 Å². The molecule has 1 aliphatic rings. The summed E-state index contributed by atoms with van der Waals surface area (Å²) in [6, 6.07) is 11.4. The standard InChI is InChI=1S/C16H17N7O2/c24-16(14-6-11-25-18-14)22-9-7-21(8-10-22)12-15-17-19-20-23(15)13-4-2-1-3-5-13/h1-6,11H,7-10,12H2. The molecule has 0 N–H and O–H groups in total. The molecule has 9 nitrogen and oxygen atoms in total. The summed E-state index contributed by atoms with van der Waals surface area (Å²) in [6.07, 6.45) is 1.41. The lowest BCUT2D eigenvalue weighted by atomic mass is 10.2. The Hall–Kier alpha value is -3.07. The lowest BCUT2D eigenvalue weighted by molar-refractivity contribution is 0.0614. The molecule has 0 atom stereocenters. The summed E-state index contributed by atoms with van der Waals surface area (Å²) in [7, 11) is 0. The lowest BCUT2D eigenvalue weighted by Gasteiger charge is -2.33. The molecule has 0 bridgehead atoms. The highest BCUT2D eigenvalue weighted by atomic mass is 16.5. The highest BCUT2D eigenvalue weighted by Crippen LogP contribution is 2.12. The summed E-state index contributed by atoms with van der Waals surface area (Å²) in [5.74, 6) is 0.685. The molecule has 0 aliphatic carbocycles. The molecule has 3 heterocycles. The molecule has 0 saturated carbocycles. The first-order valence-electron chi connectivity index (χ1n) is 8.06. The van der Waals surface area contributed by atoms with Crippen molar-refractivity contribution in [3.63, 3.8) is 0 Å². The van der Waals surface area contributed by atoms with Crippen molar-refractivity contribution in [2.75, 3.05) is 26.2 Å². The molecule has 0 radical (unpaired) electrons. The van der Waals surface area contributed by atoms with E-state index in [2.05, 4.69) is 25.6 Å².